The number of carbonyl (C=O) groups excluding carboxylic acids is 1. The highest BCUT2D eigenvalue weighted by Gasteiger charge is 2.04. The summed E-state index contributed by atoms with van der Waals surface area (Å²) in [6, 6.07) is 0. The molecule has 0 saturated carbocycles. The van der Waals surface area contributed by atoms with Gasteiger partial charge in [-0.25, -0.2) is 0 Å². The Balaban J connectivity index is 2.35. The third-order valence-corrected chi connectivity index (χ3v) is 2.05. The molecule has 2 N–H and O–H groups in total. The highest BCUT2D eigenvalue weighted by molar-refractivity contribution is 5.74. The van der Waals surface area contributed by atoms with Gasteiger partial charge in [0, 0.05) is 6.42 Å². The van der Waals surface area contributed by atoms with Gasteiger partial charge in [-0.15, -0.1) is 0 Å². The molecule has 1 aliphatic rings. The maximum atomic E-state index is 10.5. The van der Waals surface area contributed by atoms with Gasteiger partial charge in [0.1, 0.15) is 0 Å². The zero-order valence-electron chi connectivity index (χ0n) is 7.42. The Morgan fingerprint density at radius 3 is 3.00 bits per heavy atom. The molecule has 0 bridgehead atoms. The summed E-state index contributed by atoms with van der Waals surface area (Å²) < 4.78 is 0. The molecule has 1 amide bonds. The summed E-state index contributed by atoms with van der Waals surface area (Å²) in [5, 5.41) is 0. The van der Waals surface area contributed by atoms with E-state index in [1.54, 1.807) is 0 Å². The molecule has 0 aromatic carbocycles. The fourth-order valence-corrected chi connectivity index (χ4v) is 1.22. The molecule has 1 atom stereocenters. The minimum atomic E-state index is -0.220. The predicted octanol–water partition coefficient (Wildman–Crippen LogP) is 1.77. The molecule has 0 heterocycles. The van der Waals surface area contributed by atoms with Crippen LogP contribution in [-0.4, -0.2) is 5.91 Å². The van der Waals surface area contributed by atoms with Gasteiger partial charge < -0.3 is 5.73 Å². The molecule has 1 rings (SSSR count). The Bertz CT molecular complexity index is 228. The van der Waals surface area contributed by atoms with Crippen LogP contribution in [0.25, 0.3) is 0 Å². The van der Waals surface area contributed by atoms with Gasteiger partial charge in [0.05, 0.1) is 0 Å². The van der Waals surface area contributed by atoms with Gasteiger partial charge in [0.2, 0.25) is 5.91 Å². The summed E-state index contributed by atoms with van der Waals surface area (Å²) in [6.45, 7) is 2.18. The smallest absolute Gasteiger partial charge is 0.217 e. The van der Waals surface area contributed by atoms with Gasteiger partial charge in [-0.1, -0.05) is 30.7 Å². The first kappa shape index (κ1) is 9.04. The van der Waals surface area contributed by atoms with Crippen LogP contribution in [0.5, 0.6) is 0 Å². The molecule has 0 aromatic heterocycles. The summed E-state index contributed by atoms with van der Waals surface area (Å²) in [5.74, 6) is 0.422. The standard InChI is InChI=1S/C10H15NO/c1-8-2-4-9(5-3-8)6-7-10(11)12/h2,4-5,8H,3,6-7H2,1H3,(H2,11,12)/t8-/m1/s1. The average Bonchev–Trinajstić information content (AvgIpc) is 2.03. The van der Waals surface area contributed by atoms with E-state index in [1.165, 1.54) is 5.57 Å². The van der Waals surface area contributed by atoms with E-state index in [2.05, 4.69) is 25.2 Å². The molecule has 0 saturated heterocycles. The molecule has 0 aromatic rings. The van der Waals surface area contributed by atoms with E-state index in [4.69, 9.17) is 5.73 Å². The second-order valence-electron chi connectivity index (χ2n) is 3.32. The van der Waals surface area contributed by atoms with Crippen molar-refractivity contribution in [1.82, 2.24) is 0 Å². The van der Waals surface area contributed by atoms with Crippen LogP contribution in [-0.2, 0) is 4.79 Å². The first-order valence-electron chi connectivity index (χ1n) is 4.34. The SMILES string of the molecule is C[C@@H]1C=CC(CCC(N)=O)=CC1. The van der Waals surface area contributed by atoms with Gasteiger partial charge in [-0.3, -0.25) is 4.79 Å². The van der Waals surface area contributed by atoms with Crippen molar-refractivity contribution in [3.8, 4) is 0 Å². The molecule has 12 heavy (non-hydrogen) atoms. The first-order valence-corrected chi connectivity index (χ1v) is 4.34. The molecule has 0 spiro atoms. The van der Waals surface area contributed by atoms with Crippen LogP contribution in [0.2, 0.25) is 0 Å². The fraction of sp³-hybridized carbons (Fsp3) is 0.500. The van der Waals surface area contributed by atoms with Gasteiger partial charge in [0.25, 0.3) is 0 Å². The first-order chi connectivity index (χ1) is 5.68. The highest BCUT2D eigenvalue weighted by atomic mass is 16.1. The fourth-order valence-electron chi connectivity index (χ4n) is 1.22. The van der Waals surface area contributed by atoms with Crippen molar-refractivity contribution in [2.24, 2.45) is 11.7 Å². The van der Waals surface area contributed by atoms with Crippen molar-refractivity contribution in [2.45, 2.75) is 26.2 Å². The zero-order valence-corrected chi connectivity index (χ0v) is 7.42. The minimum absolute atomic E-state index is 0.220. The second kappa shape index (κ2) is 4.10. The molecule has 2 nitrogen and oxygen atoms in total. The van der Waals surface area contributed by atoms with Crippen molar-refractivity contribution in [1.29, 1.82) is 0 Å². The minimum Gasteiger partial charge on any atom is -0.370 e. The van der Waals surface area contributed by atoms with E-state index in [-0.39, 0.29) is 5.91 Å². The van der Waals surface area contributed by atoms with Crippen LogP contribution >= 0.6 is 0 Å². The van der Waals surface area contributed by atoms with Gasteiger partial charge in [-0.05, 0) is 18.8 Å². The van der Waals surface area contributed by atoms with Crippen molar-refractivity contribution in [2.75, 3.05) is 0 Å². The molecule has 0 fully saturated rings. The van der Waals surface area contributed by atoms with Gasteiger partial charge >= 0.3 is 0 Å². The Labute approximate surface area is 73.1 Å². The highest BCUT2D eigenvalue weighted by Crippen LogP contribution is 2.18. The third kappa shape index (κ3) is 2.91. The summed E-state index contributed by atoms with van der Waals surface area (Å²) in [7, 11) is 0. The maximum Gasteiger partial charge on any atom is 0.217 e. The molecular weight excluding hydrogens is 150 g/mol. The summed E-state index contributed by atoms with van der Waals surface area (Å²) in [5.41, 5.74) is 6.29. The molecule has 66 valence electrons. The van der Waals surface area contributed by atoms with Gasteiger partial charge in [0.15, 0.2) is 0 Å². The average molecular weight is 165 g/mol. The Hall–Kier alpha value is -1.05. The van der Waals surface area contributed by atoms with E-state index in [9.17, 15) is 4.79 Å². The number of rotatable bonds is 3. The number of allylic oxidation sites excluding steroid dienone is 4. The van der Waals surface area contributed by atoms with E-state index in [0.717, 1.165) is 12.8 Å². The lowest BCUT2D eigenvalue weighted by Crippen LogP contribution is -2.10. The van der Waals surface area contributed by atoms with Crippen molar-refractivity contribution < 1.29 is 4.79 Å². The lowest BCUT2D eigenvalue weighted by atomic mass is 9.96. The van der Waals surface area contributed by atoms with Crippen molar-refractivity contribution in [3.63, 3.8) is 0 Å². The van der Waals surface area contributed by atoms with Crippen LogP contribution in [0.4, 0.5) is 0 Å². The topological polar surface area (TPSA) is 43.1 Å². The number of primary amides is 1. The van der Waals surface area contributed by atoms with Gasteiger partial charge in [-0.2, -0.15) is 0 Å². The summed E-state index contributed by atoms with van der Waals surface area (Å²) in [4.78, 5) is 10.5. The van der Waals surface area contributed by atoms with E-state index < -0.39 is 0 Å². The van der Waals surface area contributed by atoms with E-state index in [0.29, 0.717) is 12.3 Å². The van der Waals surface area contributed by atoms with Crippen LogP contribution in [0.1, 0.15) is 26.2 Å². The Kier molecular flexibility index (Phi) is 3.09. The number of carbonyl (C=O) groups is 1. The molecule has 0 aliphatic heterocycles. The Morgan fingerprint density at radius 1 is 1.75 bits per heavy atom. The van der Waals surface area contributed by atoms with E-state index >= 15 is 0 Å². The normalized spacial score (nSPS) is 22.1. The lowest BCUT2D eigenvalue weighted by molar-refractivity contribution is -0.117. The summed E-state index contributed by atoms with van der Waals surface area (Å²) >= 11 is 0. The monoisotopic (exact) mass is 165 g/mol. The number of nitrogens with two attached hydrogens (primary N) is 1. The molecule has 2 heteroatoms. The molecule has 1 aliphatic carbocycles. The molecule has 0 radical (unpaired) electrons. The van der Waals surface area contributed by atoms with Crippen molar-refractivity contribution >= 4 is 5.91 Å². The van der Waals surface area contributed by atoms with Crippen LogP contribution in [0, 0.1) is 5.92 Å². The van der Waals surface area contributed by atoms with Crippen LogP contribution in [0.3, 0.4) is 0 Å². The predicted molar refractivity (Wildman–Crippen MR) is 49.4 cm³/mol. The number of amides is 1. The molecular formula is C10H15NO. The van der Waals surface area contributed by atoms with Crippen LogP contribution < -0.4 is 5.73 Å². The summed E-state index contributed by atoms with van der Waals surface area (Å²) in [6.07, 6.45) is 8.80. The number of hydrogen-bond acceptors (Lipinski definition) is 1. The maximum absolute atomic E-state index is 10.5. The number of hydrogen-bond donors (Lipinski definition) is 1. The van der Waals surface area contributed by atoms with E-state index in [1.807, 2.05) is 0 Å². The lowest BCUT2D eigenvalue weighted by Gasteiger charge is -2.10. The second-order valence-corrected chi connectivity index (χ2v) is 3.32. The van der Waals surface area contributed by atoms with Crippen molar-refractivity contribution in [3.05, 3.63) is 23.8 Å². The zero-order chi connectivity index (χ0) is 8.97. The van der Waals surface area contributed by atoms with Crippen LogP contribution in [0.15, 0.2) is 23.8 Å². The largest absolute Gasteiger partial charge is 0.370 e. The third-order valence-electron chi connectivity index (χ3n) is 2.05. The quantitative estimate of drug-likeness (QED) is 0.680. The molecule has 0 unspecified atom stereocenters. The Morgan fingerprint density at radius 2 is 2.50 bits per heavy atom.